The van der Waals surface area contributed by atoms with Crippen LogP contribution in [0.2, 0.25) is 10.0 Å². The molecule has 4 heterocycles. The Morgan fingerprint density at radius 1 is 1.00 bits per heavy atom. The summed E-state index contributed by atoms with van der Waals surface area (Å²) in [5.74, 6) is 0.635. The lowest BCUT2D eigenvalue weighted by Crippen LogP contribution is -2.45. The van der Waals surface area contributed by atoms with E-state index in [-0.39, 0.29) is 6.04 Å². The molecule has 0 spiro atoms. The summed E-state index contributed by atoms with van der Waals surface area (Å²) in [6.07, 6.45) is 6.41. The predicted octanol–water partition coefficient (Wildman–Crippen LogP) is 3.65. The van der Waals surface area contributed by atoms with E-state index >= 15 is 0 Å². The summed E-state index contributed by atoms with van der Waals surface area (Å²) in [5, 5.41) is 4.36. The van der Waals surface area contributed by atoms with E-state index < -0.39 is 11.1 Å². The van der Waals surface area contributed by atoms with Gasteiger partial charge < -0.3 is 14.8 Å². The molecule has 1 aliphatic rings. The van der Waals surface area contributed by atoms with Crippen LogP contribution in [0.4, 0.5) is 11.6 Å². The summed E-state index contributed by atoms with van der Waals surface area (Å²) in [7, 11) is 1.56. The minimum Gasteiger partial charge on any atom is -0.380 e. The second kappa shape index (κ2) is 9.67. The molecule has 0 radical (unpaired) electrons. The van der Waals surface area contributed by atoms with E-state index in [1.165, 1.54) is 15.3 Å². The summed E-state index contributed by atoms with van der Waals surface area (Å²) in [4.78, 5) is 40.9. The van der Waals surface area contributed by atoms with Crippen LogP contribution in [0.5, 0.6) is 0 Å². The molecule has 1 N–H and O–H groups in total. The Balaban J connectivity index is 1.29. The number of hydrogen-bond acceptors (Lipinski definition) is 7. The number of benzene rings is 1. The number of hydrogen-bond donors (Lipinski definition) is 1. The van der Waals surface area contributed by atoms with E-state index in [2.05, 4.69) is 25.2 Å². The second-order valence-corrected chi connectivity index (χ2v) is 9.32. The van der Waals surface area contributed by atoms with Crippen LogP contribution in [-0.2, 0) is 13.6 Å². The molecule has 35 heavy (non-hydrogen) atoms. The first-order valence-corrected chi connectivity index (χ1v) is 12.0. The lowest BCUT2D eigenvalue weighted by Gasteiger charge is -2.33. The van der Waals surface area contributed by atoms with Crippen LogP contribution in [0.25, 0.3) is 11.2 Å². The normalized spacial score (nSPS) is 14.4. The number of halogens is 2. The number of nitrogens with zero attached hydrogens (tertiary/aromatic N) is 6. The molecule has 11 heteroatoms. The number of pyridine rings is 1. The highest BCUT2D eigenvalue weighted by molar-refractivity contribution is 6.33. The van der Waals surface area contributed by atoms with E-state index in [4.69, 9.17) is 23.2 Å². The van der Waals surface area contributed by atoms with Gasteiger partial charge >= 0.3 is 11.1 Å². The van der Waals surface area contributed by atoms with Crippen LogP contribution in [0, 0.1) is 0 Å². The fraction of sp³-hybridized carbons (Fsp3) is 0.292. The van der Waals surface area contributed by atoms with Crippen molar-refractivity contribution in [3.63, 3.8) is 0 Å². The van der Waals surface area contributed by atoms with Gasteiger partial charge in [-0.25, -0.2) is 15.0 Å². The van der Waals surface area contributed by atoms with Crippen molar-refractivity contribution in [2.75, 3.05) is 23.3 Å². The molecule has 9 nitrogen and oxygen atoms in total. The van der Waals surface area contributed by atoms with E-state index in [0.717, 1.165) is 11.3 Å². The van der Waals surface area contributed by atoms with Crippen molar-refractivity contribution in [2.45, 2.75) is 25.4 Å². The Labute approximate surface area is 211 Å². The van der Waals surface area contributed by atoms with Crippen molar-refractivity contribution in [1.29, 1.82) is 0 Å². The number of rotatable bonds is 5. The van der Waals surface area contributed by atoms with Gasteiger partial charge in [0, 0.05) is 56.9 Å². The maximum Gasteiger partial charge on any atom is 0.318 e. The SMILES string of the molecule is Cn1c(=O)c(=O)n(C2CCN(c3ncc(CNc4ccccc4Cl)cn3)CC2)c2ncc(Cl)cc21. The van der Waals surface area contributed by atoms with Crippen LogP contribution < -0.4 is 21.3 Å². The maximum atomic E-state index is 12.9. The quantitative estimate of drug-likeness (QED) is 0.408. The van der Waals surface area contributed by atoms with Gasteiger partial charge in [-0.3, -0.25) is 14.2 Å². The molecule has 1 aromatic carbocycles. The van der Waals surface area contributed by atoms with Crippen molar-refractivity contribution >= 4 is 46.0 Å². The van der Waals surface area contributed by atoms with Crippen molar-refractivity contribution in [3.8, 4) is 0 Å². The lowest BCUT2D eigenvalue weighted by molar-refractivity contribution is 0.389. The van der Waals surface area contributed by atoms with Crippen LogP contribution in [0.3, 0.4) is 0 Å². The standard InChI is InChI=1S/C24H23Cl2N7O2/c1-31-20-10-16(25)14-28-21(20)33(23(35)22(31)34)17-6-8-32(9-7-17)24-29-12-15(13-30-24)11-27-19-5-3-2-4-18(19)26/h2-5,10,12-14,17,27H,6-9,11H2,1H3. The van der Waals surface area contributed by atoms with Crippen molar-refractivity contribution < 1.29 is 0 Å². The molecule has 4 aromatic rings. The van der Waals surface area contributed by atoms with Crippen LogP contribution >= 0.6 is 23.2 Å². The fourth-order valence-electron chi connectivity index (χ4n) is 4.37. The average molecular weight is 512 g/mol. The Hall–Kier alpha value is -3.43. The molecule has 1 saturated heterocycles. The third kappa shape index (κ3) is 4.61. The lowest BCUT2D eigenvalue weighted by atomic mass is 10.0. The largest absolute Gasteiger partial charge is 0.380 e. The molecule has 5 rings (SSSR count). The number of anilines is 2. The molecule has 180 valence electrons. The minimum atomic E-state index is -0.590. The molecule has 1 aliphatic heterocycles. The Morgan fingerprint density at radius 2 is 1.71 bits per heavy atom. The molecule has 0 bridgehead atoms. The van der Waals surface area contributed by atoms with Gasteiger partial charge in [0.15, 0.2) is 5.65 Å². The summed E-state index contributed by atoms with van der Waals surface area (Å²) in [5.41, 5.74) is 1.63. The monoisotopic (exact) mass is 511 g/mol. The molecule has 0 saturated carbocycles. The molecule has 0 amide bonds. The minimum absolute atomic E-state index is 0.150. The van der Waals surface area contributed by atoms with Crippen LogP contribution in [0.1, 0.15) is 24.4 Å². The number of aromatic nitrogens is 5. The highest BCUT2D eigenvalue weighted by Gasteiger charge is 2.26. The van der Waals surface area contributed by atoms with Crippen molar-refractivity contribution in [1.82, 2.24) is 24.1 Å². The summed E-state index contributed by atoms with van der Waals surface area (Å²) in [6.45, 7) is 1.86. The van der Waals surface area contributed by atoms with E-state index in [0.29, 0.717) is 59.6 Å². The summed E-state index contributed by atoms with van der Waals surface area (Å²) >= 11 is 12.3. The topological polar surface area (TPSA) is 97.9 Å². The summed E-state index contributed by atoms with van der Waals surface area (Å²) in [6, 6.07) is 9.07. The average Bonchev–Trinajstić information content (AvgIpc) is 2.88. The first-order valence-electron chi connectivity index (χ1n) is 11.2. The van der Waals surface area contributed by atoms with Gasteiger partial charge in [0.1, 0.15) is 0 Å². The highest BCUT2D eigenvalue weighted by Crippen LogP contribution is 2.26. The molecule has 0 atom stereocenters. The Morgan fingerprint density at radius 3 is 2.43 bits per heavy atom. The summed E-state index contributed by atoms with van der Waals surface area (Å²) < 4.78 is 2.83. The van der Waals surface area contributed by atoms with E-state index in [1.807, 2.05) is 24.3 Å². The number of para-hydroxylation sites is 1. The van der Waals surface area contributed by atoms with Gasteiger partial charge in [-0.1, -0.05) is 35.3 Å². The van der Waals surface area contributed by atoms with Gasteiger partial charge in [-0.15, -0.1) is 0 Å². The van der Waals surface area contributed by atoms with Gasteiger partial charge in [0.25, 0.3) is 0 Å². The van der Waals surface area contributed by atoms with E-state index in [9.17, 15) is 9.59 Å². The first kappa shape index (κ1) is 23.3. The number of fused-ring (bicyclic) bond motifs is 1. The van der Waals surface area contributed by atoms with Gasteiger partial charge in [0.05, 0.1) is 21.2 Å². The van der Waals surface area contributed by atoms with Crippen molar-refractivity contribution in [2.24, 2.45) is 7.05 Å². The highest BCUT2D eigenvalue weighted by atomic mass is 35.5. The number of piperidine rings is 1. The fourth-order valence-corrected chi connectivity index (χ4v) is 4.73. The smallest absolute Gasteiger partial charge is 0.318 e. The molecule has 1 fully saturated rings. The maximum absolute atomic E-state index is 12.9. The second-order valence-electron chi connectivity index (χ2n) is 8.48. The molecular formula is C24H23Cl2N7O2. The third-order valence-corrected chi connectivity index (χ3v) is 6.81. The Kier molecular flexibility index (Phi) is 6.44. The molecular weight excluding hydrogens is 489 g/mol. The first-order chi connectivity index (χ1) is 16.9. The van der Waals surface area contributed by atoms with Crippen LogP contribution in [-0.4, -0.2) is 37.2 Å². The predicted molar refractivity (Wildman–Crippen MR) is 138 cm³/mol. The Bertz CT molecular complexity index is 1490. The zero-order valence-electron chi connectivity index (χ0n) is 19.0. The zero-order chi connectivity index (χ0) is 24.5. The number of nitrogens with one attached hydrogen (secondary N) is 1. The van der Waals surface area contributed by atoms with E-state index in [1.54, 1.807) is 25.5 Å². The molecule has 0 aliphatic carbocycles. The van der Waals surface area contributed by atoms with Gasteiger partial charge in [-0.05, 0) is 31.0 Å². The molecule has 0 unspecified atom stereocenters. The van der Waals surface area contributed by atoms with Gasteiger partial charge in [0.2, 0.25) is 5.95 Å². The van der Waals surface area contributed by atoms with Crippen LogP contribution in [0.15, 0.2) is 58.5 Å². The third-order valence-electron chi connectivity index (χ3n) is 6.27. The number of aryl methyl sites for hydroxylation is 1. The van der Waals surface area contributed by atoms with Crippen molar-refractivity contribution in [3.05, 3.63) is 85.2 Å². The zero-order valence-corrected chi connectivity index (χ0v) is 20.5. The van der Waals surface area contributed by atoms with Gasteiger partial charge in [-0.2, -0.15) is 0 Å². The molecule has 3 aromatic heterocycles.